The summed E-state index contributed by atoms with van der Waals surface area (Å²) in [5, 5.41) is 3.42. The van der Waals surface area contributed by atoms with Crippen LogP contribution in [0.25, 0.3) is 0 Å². The highest BCUT2D eigenvalue weighted by molar-refractivity contribution is 14.0. The zero-order valence-corrected chi connectivity index (χ0v) is 18.9. The van der Waals surface area contributed by atoms with Gasteiger partial charge in [-0.3, -0.25) is 4.99 Å². The van der Waals surface area contributed by atoms with Crippen LogP contribution in [0.1, 0.15) is 5.56 Å². The van der Waals surface area contributed by atoms with E-state index in [0.717, 1.165) is 49.1 Å². The Morgan fingerprint density at radius 2 is 1.82 bits per heavy atom. The lowest BCUT2D eigenvalue weighted by Gasteiger charge is -2.38. The van der Waals surface area contributed by atoms with E-state index in [1.165, 1.54) is 0 Å². The van der Waals surface area contributed by atoms with Crippen molar-refractivity contribution in [2.45, 2.75) is 6.54 Å². The minimum Gasteiger partial charge on any atom is -0.495 e. The third-order valence-corrected chi connectivity index (χ3v) is 4.67. The van der Waals surface area contributed by atoms with Gasteiger partial charge in [-0.05, 0) is 17.7 Å². The van der Waals surface area contributed by atoms with Crippen molar-refractivity contribution in [2.75, 3.05) is 52.3 Å². The molecule has 0 spiro atoms. The molecule has 152 valence electrons. The van der Waals surface area contributed by atoms with E-state index in [1.807, 2.05) is 43.6 Å². The second-order valence-electron chi connectivity index (χ2n) is 6.26. The average Bonchev–Trinajstić information content (AvgIpc) is 2.75. The molecule has 8 heteroatoms. The van der Waals surface area contributed by atoms with Crippen LogP contribution in [0.15, 0.2) is 47.6 Å². The molecule has 28 heavy (non-hydrogen) atoms. The van der Waals surface area contributed by atoms with Gasteiger partial charge < -0.3 is 24.6 Å². The van der Waals surface area contributed by atoms with Crippen LogP contribution >= 0.6 is 24.0 Å². The molecule has 0 unspecified atom stereocenters. The molecule has 3 rings (SSSR count). The maximum Gasteiger partial charge on any atom is 0.212 e. The summed E-state index contributed by atoms with van der Waals surface area (Å²) in [6.45, 7) is 4.32. The molecule has 0 atom stereocenters. The number of anilines is 1. The number of benzene rings is 1. The van der Waals surface area contributed by atoms with E-state index in [0.29, 0.717) is 12.4 Å². The molecule has 0 amide bonds. The van der Waals surface area contributed by atoms with Gasteiger partial charge in [0.05, 0.1) is 19.9 Å². The van der Waals surface area contributed by atoms with Crippen LogP contribution in [-0.2, 0) is 6.54 Å². The topological polar surface area (TPSA) is 62.2 Å². The van der Waals surface area contributed by atoms with Crippen molar-refractivity contribution in [2.24, 2.45) is 4.99 Å². The second-order valence-corrected chi connectivity index (χ2v) is 6.26. The molecule has 0 bridgehead atoms. The van der Waals surface area contributed by atoms with Gasteiger partial charge in [-0.1, -0.05) is 18.2 Å². The Kier molecular flexibility index (Phi) is 8.62. The third-order valence-electron chi connectivity index (χ3n) is 4.67. The highest BCUT2D eigenvalue weighted by Crippen LogP contribution is 2.28. The van der Waals surface area contributed by atoms with E-state index in [-0.39, 0.29) is 24.0 Å². The number of guanidine groups is 1. The van der Waals surface area contributed by atoms with Crippen molar-refractivity contribution in [3.8, 4) is 11.6 Å². The van der Waals surface area contributed by atoms with Gasteiger partial charge >= 0.3 is 0 Å². The van der Waals surface area contributed by atoms with Crippen molar-refractivity contribution >= 4 is 35.6 Å². The van der Waals surface area contributed by atoms with E-state index >= 15 is 0 Å². The Morgan fingerprint density at radius 3 is 2.43 bits per heavy atom. The lowest BCUT2D eigenvalue weighted by atomic mass is 10.2. The van der Waals surface area contributed by atoms with Crippen LogP contribution in [0.3, 0.4) is 0 Å². The Morgan fingerprint density at radius 1 is 1.07 bits per heavy atom. The van der Waals surface area contributed by atoms with Crippen molar-refractivity contribution in [3.63, 3.8) is 0 Å². The molecule has 0 aliphatic carbocycles. The van der Waals surface area contributed by atoms with Gasteiger partial charge in [-0.2, -0.15) is 0 Å². The molecular formula is C20H28IN5O2. The monoisotopic (exact) mass is 497 g/mol. The van der Waals surface area contributed by atoms with Crippen LogP contribution < -0.4 is 19.7 Å². The summed E-state index contributed by atoms with van der Waals surface area (Å²) in [6, 6.07) is 12.0. The summed E-state index contributed by atoms with van der Waals surface area (Å²) < 4.78 is 10.6. The number of aromatic nitrogens is 1. The number of hydrogen-bond donors (Lipinski definition) is 1. The molecule has 1 saturated heterocycles. The second kappa shape index (κ2) is 10.9. The van der Waals surface area contributed by atoms with Crippen LogP contribution in [-0.4, -0.2) is 63.3 Å². The Balaban J connectivity index is 0.00000280. The number of nitrogens with one attached hydrogen (secondary N) is 1. The van der Waals surface area contributed by atoms with Gasteiger partial charge in [0.2, 0.25) is 5.88 Å². The fraction of sp³-hybridized carbons (Fsp3) is 0.400. The number of aliphatic imine (C=N–C) groups is 1. The van der Waals surface area contributed by atoms with E-state index in [4.69, 9.17) is 9.47 Å². The van der Waals surface area contributed by atoms with E-state index < -0.39 is 0 Å². The van der Waals surface area contributed by atoms with Gasteiger partial charge in [0.1, 0.15) is 5.75 Å². The number of hydrogen-bond acceptors (Lipinski definition) is 5. The summed E-state index contributed by atoms with van der Waals surface area (Å²) in [5.41, 5.74) is 2.23. The highest BCUT2D eigenvalue weighted by atomic mass is 127. The molecule has 1 aromatic carbocycles. The molecule has 1 N–H and O–H groups in total. The summed E-state index contributed by atoms with van der Waals surface area (Å²) >= 11 is 0. The Labute approximate surface area is 183 Å². The number of para-hydroxylation sites is 2. The Bertz CT molecular complexity index is 761. The first-order valence-corrected chi connectivity index (χ1v) is 9.07. The SMILES string of the molecule is CN=C(NCc1ccc(OC)nc1)N1CCN(c2ccccc2OC)CC1.I. The van der Waals surface area contributed by atoms with Crippen molar-refractivity contribution in [3.05, 3.63) is 48.2 Å². The van der Waals surface area contributed by atoms with E-state index in [2.05, 4.69) is 31.2 Å². The number of pyridine rings is 1. The summed E-state index contributed by atoms with van der Waals surface area (Å²) in [6.07, 6.45) is 1.82. The number of halogens is 1. The lowest BCUT2D eigenvalue weighted by Crippen LogP contribution is -2.52. The first-order valence-electron chi connectivity index (χ1n) is 9.07. The first-order chi connectivity index (χ1) is 13.2. The predicted octanol–water partition coefficient (Wildman–Crippen LogP) is 2.61. The molecule has 1 aliphatic rings. The highest BCUT2D eigenvalue weighted by Gasteiger charge is 2.21. The third kappa shape index (κ3) is 5.40. The van der Waals surface area contributed by atoms with Crippen molar-refractivity contribution in [1.82, 2.24) is 15.2 Å². The van der Waals surface area contributed by atoms with Crippen LogP contribution in [0.4, 0.5) is 5.69 Å². The van der Waals surface area contributed by atoms with Crippen LogP contribution in [0.2, 0.25) is 0 Å². The van der Waals surface area contributed by atoms with Gasteiger partial charge in [0.15, 0.2) is 5.96 Å². The normalized spacial score (nSPS) is 14.3. The zero-order valence-electron chi connectivity index (χ0n) is 16.6. The van der Waals surface area contributed by atoms with E-state index in [9.17, 15) is 0 Å². The summed E-state index contributed by atoms with van der Waals surface area (Å²) in [5.74, 6) is 2.45. The number of ether oxygens (including phenoxy) is 2. The molecular weight excluding hydrogens is 469 g/mol. The van der Waals surface area contributed by atoms with Gasteiger partial charge in [-0.15, -0.1) is 24.0 Å². The smallest absolute Gasteiger partial charge is 0.212 e. The first kappa shape index (κ1) is 22.1. The molecule has 1 fully saturated rings. The fourth-order valence-electron chi connectivity index (χ4n) is 3.20. The standard InChI is InChI=1S/C20H27N5O2.HI/c1-21-20(23-15-16-8-9-19(27-3)22-14-16)25-12-10-24(11-13-25)17-6-4-5-7-18(17)26-2;/h4-9,14H,10-13,15H2,1-3H3,(H,21,23);1H. The molecule has 2 heterocycles. The average molecular weight is 497 g/mol. The number of rotatable bonds is 5. The van der Waals surface area contributed by atoms with Gasteiger partial charge in [0, 0.05) is 52.0 Å². The molecule has 1 aromatic heterocycles. The largest absolute Gasteiger partial charge is 0.495 e. The predicted molar refractivity (Wildman–Crippen MR) is 123 cm³/mol. The van der Waals surface area contributed by atoms with Crippen molar-refractivity contribution < 1.29 is 9.47 Å². The summed E-state index contributed by atoms with van der Waals surface area (Å²) in [4.78, 5) is 13.3. The quantitative estimate of drug-likeness (QED) is 0.390. The minimum atomic E-state index is 0. The van der Waals surface area contributed by atoms with E-state index in [1.54, 1.807) is 14.2 Å². The zero-order chi connectivity index (χ0) is 19.1. The molecule has 1 aliphatic heterocycles. The van der Waals surface area contributed by atoms with Gasteiger partial charge in [-0.25, -0.2) is 4.98 Å². The maximum absolute atomic E-state index is 5.49. The van der Waals surface area contributed by atoms with Gasteiger partial charge in [0.25, 0.3) is 0 Å². The minimum absolute atomic E-state index is 0. The summed E-state index contributed by atoms with van der Waals surface area (Å²) in [7, 11) is 5.16. The molecule has 7 nitrogen and oxygen atoms in total. The number of methoxy groups -OCH3 is 2. The van der Waals surface area contributed by atoms with Crippen LogP contribution in [0, 0.1) is 0 Å². The van der Waals surface area contributed by atoms with Crippen molar-refractivity contribution in [1.29, 1.82) is 0 Å². The fourth-order valence-corrected chi connectivity index (χ4v) is 3.20. The lowest BCUT2D eigenvalue weighted by molar-refractivity contribution is 0.367. The van der Waals surface area contributed by atoms with Crippen LogP contribution in [0.5, 0.6) is 11.6 Å². The molecule has 2 aromatic rings. The Hall–Kier alpha value is -2.23. The molecule has 0 radical (unpaired) electrons. The number of nitrogens with zero attached hydrogens (tertiary/aromatic N) is 4. The molecule has 0 saturated carbocycles. The number of piperazine rings is 1. The maximum atomic E-state index is 5.49.